The van der Waals surface area contributed by atoms with Gasteiger partial charge in [0.2, 0.25) is 5.88 Å². The molecule has 3 rings (SSSR count). The fourth-order valence-corrected chi connectivity index (χ4v) is 3.41. The molecule has 0 saturated heterocycles. The number of benzene rings is 1. The maximum Gasteiger partial charge on any atom is 0.308 e. The molecule has 0 atom stereocenters. The smallest absolute Gasteiger partial charge is 0.308 e. The summed E-state index contributed by atoms with van der Waals surface area (Å²) in [5.41, 5.74) is 1.66. The number of hydrogen-bond donors (Lipinski definition) is 0. The number of rotatable bonds is 6. The molecule has 8 heteroatoms. The highest BCUT2D eigenvalue weighted by Crippen LogP contribution is 2.37. The second-order valence-corrected chi connectivity index (χ2v) is 9.82. The zero-order valence-corrected chi connectivity index (χ0v) is 21.7. The van der Waals surface area contributed by atoms with Gasteiger partial charge in [0, 0.05) is 0 Å². The monoisotopic (exact) mass is 554 g/mol. The van der Waals surface area contributed by atoms with Gasteiger partial charge in [0.1, 0.15) is 33.8 Å². The largest absolute Gasteiger partial charge is 0.494 e. The van der Waals surface area contributed by atoms with E-state index in [9.17, 15) is 4.79 Å². The normalized spacial score (nSPS) is 9.76. The molecular formula is C30H54N2O5S. The van der Waals surface area contributed by atoms with E-state index >= 15 is 0 Å². The van der Waals surface area contributed by atoms with Crippen LogP contribution >= 0.6 is 11.3 Å². The SMILES string of the molecule is C.C.C.C.C.CC(C)C(=O)OC(C)(C)C.COc1ccc(OC)c2nc(-c3cccs3)c(OC(C)C)nc12. The van der Waals surface area contributed by atoms with Crippen molar-refractivity contribution in [1.29, 1.82) is 0 Å². The summed E-state index contributed by atoms with van der Waals surface area (Å²) in [5.74, 6) is 1.63. The molecule has 0 bridgehead atoms. The first-order valence-corrected chi connectivity index (χ1v) is 11.7. The van der Waals surface area contributed by atoms with Gasteiger partial charge in [0.15, 0.2) is 0 Å². The molecule has 0 radical (unpaired) electrons. The number of fused-ring (bicyclic) bond motifs is 1. The minimum Gasteiger partial charge on any atom is -0.494 e. The number of esters is 1. The van der Waals surface area contributed by atoms with E-state index in [-0.39, 0.29) is 60.7 Å². The van der Waals surface area contributed by atoms with Crippen LogP contribution in [-0.2, 0) is 9.53 Å². The van der Waals surface area contributed by atoms with Gasteiger partial charge in [-0.25, -0.2) is 9.97 Å². The van der Waals surface area contributed by atoms with Crippen LogP contribution < -0.4 is 14.2 Å². The molecular weight excluding hydrogens is 500 g/mol. The molecule has 220 valence electrons. The van der Waals surface area contributed by atoms with Gasteiger partial charge in [0.05, 0.1) is 31.1 Å². The first-order chi connectivity index (χ1) is 15.5. The van der Waals surface area contributed by atoms with Crippen molar-refractivity contribution in [2.24, 2.45) is 5.92 Å². The molecule has 3 aromatic rings. The first-order valence-electron chi connectivity index (χ1n) is 10.8. The Morgan fingerprint density at radius 1 is 0.842 bits per heavy atom. The van der Waals surface area contributed by atoms with Gasteiger partial charge in [-0.2, -0.15) is 0 Å². The van der Waals surface area contributed by atoms with Crippen LogP contribution in [0.4, 0.5) is 0 Å². The van der Waals surface area contributed by atoms with Crippen molar-refractivity contribution in [3.05, 3.63) is 29.6 Å². The van der Waals surface area contributed by atoms with Crippen LogP contribution in [0.3, 0.4) is 0 Å². The van der Waals surface area contributed by atoms with E-state index in [1.54, 1.807) is 25.6 Å². The van der Waals surface area contributed by atoms with E-state index in [0.29, 0.717) is 34.1 Å². The van der Waals surface area contributed by atoms with E-state index in [1.165, 1.54) is 0 Å². The van der Waals surface area contributed by atoms with Crippen molar-refractivity contribution in [3.8, 4) is 28.0 Å². The maximum atomic E-state index is 10.9. The lowest BCUT2D eigenvalue weighted by atomic mass is 10.1. The van der Waals surface area contributed by atoms with Crippen molar-refractivity contribution >= 4 is 28.3 Å². The van der Waals surface area contributed by atoms with E-state index in [1.807, 2.05) is 78.1 Å². The van der Waals surface area contributed by atoms with Crippen LogP contribution in [-0.4, -0.2) is 41.9 Å². The average Bonchev–Trinajstić information content (AvgIpc) is 3.26. The summed E-state index contributed by atoms with van der Waals surface area (Å²) in [6.45, 7) is 13.2. The summed E-state index contributed by atoms with van der Waals surface area (Å²) in [4.78, 5) is 21.4. The number of ether oxygens (including phenoxy) is 4. The number of thiophene rings is 1. The van der Waals surface area contributed by atoms with Crippen LogP contribution in [0.15, 0.2) is 29.6 Å². The van der Waals surface area contributed by atoms with Gasteiger partial charge in [-0.05, 0) is 58.2 Å². The van der Waals surface area contributed by atoms with E-state index in [4.69, 9.17) is 23.9 Å². The third-order valence-electron chi connectivity index (χ3n) is 4.14. The number of aromatic nitrogens is 2. The molecule has 2 heterocycles. The summed E-state index contributed by atoms with van der Waals surface area (Å²) < 4.78 is 21.8. The van der Waals surface area contributed by atoms with Gasteiger partial charge < -0.3 is 18.9 Å². The molecule has 1 aromatic carbocycles. The minimum absolute atomic E-state index is 0. The number of methoxy groups -OCH3 is 2. The molecule has 0 amide bonds. The van der Waals surface area contributed by atoms with Crippen molar-refractivity contribution in [2.75, 3.05) is 14.2 Å². The van der Waals surface area contributed by atoms with E-state index in [2.05, 4.69) is 4.98 Å². The molecule has 0 aliphatic carbocycles. The standard InChI is InChI=1S/C17H18N2O3S.C8H16O2.5CH4/c1-10(2)22-17-16(13-6-5-9-23-13)18-14-11(20-3)7-8-12(21-4)15(14)19-17;1-6(2)7(9)10-8(3,4)5;;;;;/h5-10H,1-4H3;6H,1-5H3;5*1H4. The van der Waals surface area contributed by atoms with Gasteiger partial charge in [-0.3, -0.25) is 4.79 Å². The Balaban J connectivity index is -0.000000338. The number of carbonyl (C=O) groups is 1. The van der Waals surface area contributed by atoms with Crippen LogP contribution in [0.5, 0.6) is 17.4 Å². The van der Waals surface area contributed by atoms with Crippen LogP contribution in [0.25, 0.3) is 21.6 Å². The van der Waals surface area contributed by atoms with Crippen molar-refractivity contribution < 1.29 is 23.7 Å². The predicted molar refractivity (Wildman–Crippen MR) is 166 cm³/mol. The topological polar surface area (TPSA) is 79.8 Å². The Morgan fingerprint density at radius 3 is 1.68 bits per heavy atom. The summed E-state index contributed by atoms with van der Waals surface area (Å²) in [6, 6.07) is 7.63. The van der Waals surface area contributed by atoms with Crippen molar-refractivity contribution in [1.82, 2.24) is 9.97 Å². The summed E-state index contributed by atoms with van der Waals surface area (Å²) in [5, 5.41) is 2.00. The molecule has 0 spiro atoms. The molecule has 0 aliphatic rings. The van der Waals surface area contributed by atoms with Crippen LogP contribution in [0.2, 0.25) is 0 Å². The molecule has 2 aromatic heterocycles. The average molecular weight is 555 g/mol. The van der Waals surface area contributed by atoms with Gasteiger partial charge in [-0.15, -0.1) is 11.3 Å². The Morgan fingerprint density at radius 2 is 1.34 bits per heavy atom. The second-order valence-electron chi connectivity index (χ2n) is 8.88. The van der Waals surface area contributed by atoms with Gasteiger partial charge in [0.25, 0.3) is 0 Å². The summed E-state index contributed by atoms with van der Waals surface area (Å²) in [6.07, 6.45) is -0.00272. The van der Waals surface area contributed by atoms with E-state index < -0.39 is 0 Å². The predicted octanol–water partition coefficient (Wildman–Crippen LogP) is 9.33. The Kier molecular flexibility index (Phi) is 20.4. The zero-order chi connectivity index (χ0) is 24.8. The van der Waals surface area contributed by atoms with E-state index in [0.717, 1.165) is 4.88 Å². The molecule has 0 fully saturated rings. The molecule has 0 saturated carbocycles. The van der Waals surface area contributed by atoms with Gasteiger partial charge >= 0.3 is 5.97 Å². The fourth-order valence-electron chi connectivity index (χ4n) is 2.70. The first kappa shape index (κ1) is 42.2. The number of nitrogens with zero attached hydrogens (tertiary/aromatic N) is 2. The lowest BCUT2D eigenvalue weighted by Crippen LogP contribution is -2.26. The Labute approximate surface area is 236 Å². The third-order valence-corrected chi connectivity index (χ3v) is 5.01. The summed E-state index contributed by atoms with van der Waals surface area (Å²) in [7, 11) is 3.23. The highest BCUT2D eigenvalue weighted by Gasteiger charge is 2.19. The molecule has 7 nitrogen and oxygen atoms in total. The van der Waals surface area contributed by atoms with Crippen LogP contribution in [0, 0.1) is 5.92 Å². The minimum atomic E-state index is -0.346. The third kappa shape index (κ3) is 11.7. The van der Waals surface area contributed by atoms with Crippen LogP contribution in [0.1, 0.15) is 85.6 Å². The lowest BCUT2D eigenvalue weighted by molar-refractivity contribution is -0.158. The molecule has 0 unspecified atom stereocenters. The highest BCUT2D eigenvalue weighted by molar-refractivity contribution is 7.13. The zero-order valence-electron chi connectivity index (χ0n) is 20.9. The van der Waals surface area contributed by atoms with Crippen molar-refractivity contribution in [2.45, 2.75) is 97.3 Å². The summed E-state index contributed by atoms with van der Waals surface area (Å²) >= 11 is 1.59. The molecule has 0 aliphatic heterocycles. The molecule has 38 heavy (non-hydrogen) atoms. The molecule has 0 N–H and O–H groups in total. The fraction of sp³-hybridized carbons (Fsp3) is 0.567. The van der Waals surface area contributed by atoms with Crippen molar-refractivity contribution in [3.63, 3.8) is 0 Å². The Bertz CT molecular complexity index is 1060. The lowest BCUT2D eigenvalue weighted by Gasteiger charge is -2.20. The number of hydrogen-bond acceptors (Lipinski definition) is 8. The quantitative estimate of drug-likeness (QED) is 0.281. The number of carbonyl (C=O) groups excluding carboxylic acids is 1. The van der Waals surface area contributed by atoms with Gasteiger partial charge in [-0.1, -0.05) is 57.0 Å². The Hall–Kier alpha value is -2.87. The maximum absolute atomic E-state index is 10.9. The second kappa shape index (κ2) is 18.4. The highest BCUT2D eigenvalue weighted by atomic mass is 32.1.